The highest BCUT2D eigenvalue weighted by atomic mass is 32.2. The molecule has 2 N–H and O–H groups in total. The lowest BCUT2D eigenvalue weighted by atomic mass is 10.2. The van der Waals surface area contributed by atoms with Crippen LogP contribution in [0.3, 0.4) is 0 Å². The quantitative estimate of drug-likeness (QED) is 0.316. The van der Waals surface area contributed by atoms with Crippen LogP contribution in [0.5, 0.6) is 0 Å². The Morgan fingerprint density at radius 1 is 0.806 bits per heavy atom. The molecule has 2 amide bonds. The van der Waals surface area contributed by atoms with Crippen LogP contribution in [0.1, 0.15) is 24.0 Å². The minimum absolute atomic E-state index is 0.0970. The van der Waals surface area contributed by atoms with Crippen molar-refractivity contribution in [1.82, 2.24) is 0 Å². The molecule has 0 aliphatic carbocycles. The van der Waals surface area contributed by atoms with Gasteiger partial charge in [-0.3, -0.25) is 29.8 Å². The van der Waals surface area contributed by atoms with E-state index >= 15 is 0 Å². The predicted octanol–water partition coefficient (Wildman–Crippen LogP) is 4.21. The molecule has 0 fully saturated rings. The summed E-state index contributed by atoms with van der Waals surface area (Å²) in [4.78, 5) is 44.8. The molecule has 0 bridgehead atoms. The molecule has 0 saturated heterocycles. The number of carbonyl (C=O) groups excluding carboxylic acids is 2. The van der Waals surface area contributed by atoms with E-state index in [1.165, 1.54) is 36.0 Å². The smallest absolute Gasteiger partial charge is 0.271 e. The van der Waals surface area contributed by atoms with E-state index in [1.54, 1.807) is 26.0 Å². The van der Waals surface area contributed by atoms with Crippen LogP contribution in [0.25, 0.3) is 0 Å². The summed E-state index contributed by atoms with van der Waals surface area (Å²) in [7, 11) is 0. The van der Waals surface area contributed by atoms with Gasteiger partial charge in [-0.05, 0) is 25.0 Å². The van der Waals surface area contributed by atoms with Crippen LogP contribution in [0.15, 0.2) is 36.4 Å². The highest BCUT2D eigenvalue weighted by Crippen LogP contribution is 2.23. The maximum atomic E-state index is 12.1. The van der Waals surface area contributed by atoms with Crippen LogP contribution in [0.4, 0.5) is 22.7 Å². The molecule has 2 aromatic rings. The predicted molar refractivity (Wildman–Crippen MR) is 119 cm³/mol. The maximum Gasteiger partial charge on any atom is 0.271 e. The zero-order valence-corrected chi connectivity index (χ0v) is 17.9. The van der Waals surface area contributed by atoms with E-state index in [0.29, 0.717) is 22.9 Å². The van der Waals surface area contributed by atoms with Gasteiger partial charge in [-0.15, -0.1) is 0 Å². The van der Waals surface area contributed by atoms with Crippen LogP contribution < -0.4 is 10.6 Å². The van der Waals surface area contributed by atoms with Gasteiger partial charge in [0.15, 0.2) is 0 Å². The van der Waals surface area contributed by atoms with E-state index in [2.05, 4.69) is 10.6 Å². The van der Waals surface area contributed by atoms with Crippen molar-refractivity contribution in [3.05, 3.63) is 67.8 Å². The van der Waals surface area contributed by atoms with Gasteiger partial charge in [0.25, 0.3) is 11.4 Å². The van der Waals surface area contributed by atoms with Crippen LogP contribution in [0, 0.1) is 34.1 Å². The number of non-ortho nitro benzene ring substituents is 2. The zero-order valence-electron chi connectivity index (χ0n) is 17.0. The van der Waals surface area contributed by atoms with Gasteiger partial charge in [0.2, 0.25) is 11.8 Å². The fourth-order valence-electron chi connectivity index (χ4n) is 2.57. The lowest BCUT2D eigenvalue weighted by molar-refractivity contribution is -0.385. The van der Waals surface area contributed by atoms with E-state index < -0.39 is 9.85 Å². The summed E-state index contributed by atoms with van der Waals surface area (Å²) in [6.07, 6.45) is 0.386. The second-order valence-corrected chi connectivity index (χ2v) is 7.95. The number of hydrogen-bond donors (Lipinski definition) is 2. The molecular weight excluding hydrogens is 424 g/mol. The Morgan fingerprint density at radius 2 is 1.19 bits per heavy atom. The third kappa shape index (κ3) is 7.37. The second kappa shape index (κ2) is 11.1. The van der Waals surface area contributed by atoms with Gasteiger partial charge in [-0.25, -0.2) is 0 Å². The zero-order chi connectivity index (χ0) is 23.0. The average Bonchev–Trinajstić information content (AvgIpc) is 2.70. The maximum absolute atomic E-state index is 12.1. The summed E-state index contributed by atoms with van der Waals surface area (Å²) in [6, 6.07) is 8.54. The Hall–Kier alpha value is -3.47. The van der Waals surface area contributed by atoms with Gasteiger partial charge < -0.3 is 10.6 Å². The van der Waals surface area contributed by atoms with Crippen molar-refractivity contribution in [2.24, 2.45) is 0 Å². The van der Waals surface area contributed by atoms with Crippen LogP contribution in [-0.2, 0) is 9.59 Å². The number of rotatable bonds is 10. The van der Waals surface area contributed by atoms with E-state index in [4.69, 9.17) is 0 Å². The Balaban J connectivity index is 1.73. The number of carbonyl (C=O) groups is 2. The molecule has 0 radical (unpaired) electrons. The van der Waals surface area contributed by atoms with Crippen LogP contribution in [0.2, 0.25) is 0 Å². The van der Waals surface area contributed by atoms with Gasteiger partial charge in [-0.2, -0.15) is 11.8 Å². The molecule has 2 rings (SSSR count). The first-order valence-electron chi connectivity index (χ1n) is 9.35. The number of benzene rings is 2. The SMILES string of the molecule is Cc1ccc([N+](=O)[O-])cc1NC(=O)CCSCCC(=O)Nc1cc([N+](=O)[O-])ccc1C. The molecule has 164 valence electrons. The highest BCUT2D eigenvalue weighted by molar-refractivity contribution is 7.99. The number of nitro groups is 2. The molecule has 0 aliphatic heterocycles. The Labute approximate surface area is 182 Å². The monoisotopic (exact) mass is 446 g/mol. The fourth-order valence-corrected chi connectivity index (χ4v) is 3.44. The summed E-state index contributed by atoms with van der Waals surface area (Å²) < 4.78 is 0. The van der Waals surface area contributed by atoms with Crippen molar-refractivity contribution >= 4 is 46.3 Å². The molecule has 2 aromatic carbocycles. The number of nitrogens with zero attached hydrogens (tertiary/aromatic N) is 2. The summed E-state index contributed by atoms with van der Waals surface area (Å²) in [5.41, 5.74) is 2.05. The lowest BCUT2D eigenvalue weighted by Gasteiger charge is -2.09. The van der Waals surface area contributed by atoms with Gasteiger partial charge in [-0.1, -0.05) is 12.1 Å². The molecule has 0 atom stereocenters. The third-order valence-corrected chi connectivity index (χ3v) is 5.34. The number of amides is 2. The highest BCUT2D eigenvalue weighted by Gasteiger charge is 2.12. The van der Waals surface area contributed by atoms with E-state index in [1.807, 2.05) is 0 Å². The van der Waals surface area contributed by atoms with Crippen molar-refractivity contribution in [3.63, 3.8) is 0 Å². The molecule has 0 spiro atoms. The molecule has 31 heavy (non-hydrogen) atoms. The average molecular weight is 446 g/mol. The lowest BCUT2D eigenvalue weighted by Crippen LogP contribution is -2.15. The van der Waals surface area contributed by atoms with Gasteiger partial charge in [0, 0.05) is 48.6 Å². The molecule has 0 aromatic heterocycles. The van der Waals surface area contributed by atoms with Crippen molar-refractivity contribution in [3.8, 4) is 0 Å². The molecule has 11 heteroatoms. The third-order valence-electron chi connectivity index (χ3n) is 4.36. The number of thioether (sulfide) groups is 1. The number of nitrogens with one attached hydrogen (secondary N) is 2. The number of aryl methyl sites for hydroxylation is 2. The van der Waals surface area contributed by atoms with Crippen LogP contribution in [-0.4, -0.2) is 33.2 Å². The van der Waals surface area contributed by atoms with Gasteiger partial charge >= 0.3 is 0 Å². The summed E-state index contributed by atoms with van der Waals surface area (Å²) in [5.74, 6) is 0.409. The molecule has 0 aliphatic rings. The van der Waals surface area contributed by atoms with E-state index in [9.17, 15) is 29.8 Å². The second-order valence-electron chi connectivity index (χ2n) is 6.72. The van der Waals surface area contributed by atoms with E-state index in [0.717, 1.165) is 11.1 Å². The molecular formula is C20H22N4O6S. The summed E-state index contributed by atoms with van der Waals surface area (Å²) in [6.45, 7) is 3.49. The minimum Gasteiger partial charge on any atom is -0.326 e. The van der Waals surface area contributed by atoms with Crippen LogP contribution >= 0.6 is 11.8 Å². The number of anilines is 2. The number of hydrogen-bond acceptors (Lipinski definition) is 7. The Morgan fingerprint density at radius 3 is 1.55 bits per heavy atom. The van der Waals surface area contributed by atoms with Gasteiger partial charge in [0.05, 0.1) is 21.2 Å². The van der Waals surface area contributed by atoms with Crippen molar-refractivity contribution < 1.29 is 19.4 Å². The number of nitro benzene ring substituents is 2. The molecule has 0 saturated carbocycles. The normalized spacial score (nSPS) is 10.4. The minimum atomic E-state index is -0.523. The first-order chi connectivity index (χ1) is 14.7. The Bertz CT molecular complexity index is 932. The summed E-state index contributed by atoms with van der Waals surface area (Å²) in [5, 5.41) is 27.0. The summed E-state index contributed by atoms with van der Waals surface area (Å²) >= 11 is 1.42. The first kappa shape index (κ1) is 23.8. The molecule has 10 nitrogen and oxygen atoms in total. The molecule has 0 unspecified atom stereocenters. The fraction of sp³-hybridized carbons (Fsp3) is 0.300. The van der Waals surface area contributed by atoms with Crippen molar-refractivity contribution in [2.75, 3.05) is 22.1 Å². The van der Waals surface area contributed by atoms with Crippen molar-refractivity contribution in [1.29, 1.82) is 0 Å². The Kier molecular flexibility index (Phi) is 8.50. The largest absolute Gasteiger partial charge is 0.326 e. The van der Waals surface area contributed by atoms with Crippen molar-refractivity contribution in [2.45, 2.75) is 26.7 Å². The van der Waals surface area contributed by atoms with Gasteiger partial charge in [0.1, 0.15) is 0 Å². The molecule has 0 heterocycles. The first-order valence-corrected chi connectivity index (χ1v) is 10.5. The van der Waals surface area contributed by atoms with E-state index in [-0.39, 0.29) is 36.0 Å². The topological polar surface area (TPSA) is 144 Å². The standard InChI is InChI=1S/C20H22N4O6S/c1-13-3-5-15(23(27)28)11-17(13)21-19(25)7-9-31-10-8-20(26)22-18-12-16(24(29)30)6-4-14(18)2/h3-6,11-12H,7-10H2,1-2H3,(H,21,25)(H,22,26).